The van der Waals surface area contributed by atoms with Gasteiger partial charge in [-0.15, -0.1) is 0 Å². The molecule has 0 aliphatic carbocycles. The Hall–Kier alpha value is -2.63. The van der Waals surface area contributed by atoms with E-state index in [1.165, 1.54) is 5.56 Å². The third-order valence-electron chi connectivity index (χ3n) is 5.23. The van der Waals surface area contributed by atoms with Crippen LogP contribution in [0.4, 0.5) is 0 Å². The molecule has 0 spiro atoms. The van der Waals surface area contributed by atoms with Crippen LogP contribution in [0, 0.1) is 20.8 Å². The van der Waals surface area contributed by atoms with Crippen LogP contribution in [0.3, 0.4) is 0 Å². The summed E-state index contributed by atoms with van der Waals surface area (Å²) in [7, 11) is 0. The van der Waals surface area contributed by atoms with Crippen molar-refractivity contribution in [2.24, 2.45) is 0 Å². The SMILES string of the molecule is Cc1noc(C2CCN(C(=O)c3ccc4[nH]c(C)c(C)c4c3)CC2)n1. The number of nitrogens with one attached hydrogen (secondary N) is 1. The number of nitrogens with zero attached hydrogens (tertiary/aromatic N) is 3. The van der Waals surface area contributed by atoms with Gasteiger partial charge in [-0.2, -0.15) is 4.98 Å². The molecule has 1 aliphatic rings. The van der Waals surface area contributed by atoms with E-state index in [1.807, 2.05) is 30.0 Å². The molecule has 25 heavy (non-hydrogen) atoms. The monoisotopic (exact) mass is 338 g/mol. The maximum Gasteiger partial charge on any atom is 0.253 e. The Morgan fingerprint density at radius 2 is 2.00 bits per heavy atom. The van der Waals surface area contributed by atoms with E-state index in [4.69, 9.17) is 4.52 Å². The largest absolute Gasteiger partial charge is 0.358 e. The van der Waals surface area contributed by atoms with Gasteiger partial charge in [-0.25, -0.2) is 0 Å². The molecule has 1 aromatic carbocycles. The van der Waals surface area contributed by atoms with E-state index < -0.39 is 0 Å². The van der Waals surface area contributed by atoms with Crippen LogP contribution in [0.25, 0.3) is 10.9 Å². The molecule has 0 unspecified atom stereocenters. The number of piperidine rings is 1. The van der Waals surface area contributed by atoms with E-state index in [0.717, 1.165) is 35.0 Å². The first-order valence-electron chi connectivity index (χ1n) is 8.71. The van der Waals surface area contributed by atoms with E-state index in [1.54, 1.807) is 0 Å². The summed E-state index contributed by atoms with van der Waals surface area (Å²) in [5.41, 5.74) is 4.18. The lowest BCUT2D eigenvalue weighted by atomic mass is 9.96. The van der Waals surface area contributed by atoms with Crippen molar-refractivity contribution in [2.45, 2.75) is 39.5 Å². The van der Waals surface area contributed by atoms with E-state index in [9.17, 15) is 4.79 Å². The van der Waals surface area contributed by atoms with Gasteiger partial charge < -0.3 is 14.4 Å². The number of fused-ring (bicyclic) bond motifs is 1. The second kappa shape index (κ2) is 6.02. The number of H-pyrrole nitrogens is 1. The lowest BCUT2D eigenvalue weighted by molar-refractivity contribution is 0.0704. The molecule has 0 radical (unpaired) electrons. The Morgan fingerprint density at radius 3 is 2.68 bits per heavy atom. The third kappa shape index (κ3) is 2.81. The van der Waals surface area contributed by atoms with Gasteiger partial charge >= 0.3 is 0 Å². The van der Waals surface area contributed by atoms with Crippen molar-refractivity contribution in [3.63, 3.8) is 0 Å². The molecule has 3 heterocycles. The van der Waals surface area contributed by atoms with Crippen LogP contribution in [0.5, 0.6) is 0 Å². The van der Waals surface area contributed by atoms with Crippen LogP contribution >= 0.6 is 0 Å². The fourth-order valence-corrected chi connectivity index (χ4v) is 3.59. The van der Waals surface area contributed by atoms with Crippen molar-refractivity contribution in [1.82, 2.24) is 20.0 Å². The molecule has 1 amide bonds. The third-order valence-corrected chi connectivity index (χ3v) is 5.23. The second-order valence-corrected chi connectivity index (χ2v) is 6.88. The van der Waals surface area contributed by atoms with Crippen molar-refractivity contribution < 1.29 is 9.32 Å². The van der Waals surface area contributed by atoms with Crippen LogP contribution < -0.4 is 0 Å². The van der Waals surface area contributed by atoms with Gasteiger partial charge in [0.25, 0.3) is 5.91 Å². The quantitative estimate of drug-likeness (QED) is 0.776. The van der Waals surface area contributed by atoms with E-state index in [2.05, 4.69) is 29.0 Å². The Morgan fingerprint density at radius 1 is 1.24 bits per heavy atom. The van der Waals surface area contributed by atoms with Crippen molar-refractivity contribution >= 4 is 16.8 Å². The standard InChI is InChI=1S/C19H22N4O2/c1-11-12(2)20-17-5-4-15(10-16(11)17)19(24)23-8-6-14(7-9-23)18-21-13(3)22-25-18/h4-5,10,14,20H,6-9H2,1-3H3. The number of carbonyl (C=O) groups is 1. The highest BCUT2D eigenvalue weighted by atomic mass is 16.5. The van der Waals surface area contributed by atoms with Crippen LogP contribution in [0.1, 0.15) is 52.1 Å². The molecule has 3 aromatic rings. The number of amides is 1. The topological polar surface area (TPSA) is 75.0 Å². The van der Waals surface area contributed by atoms with E-state index >= 15 is 0 Å². The zero-order valence-corrected chi connectivity index (χ0v) is 14.8. The lowest BCUT2D eigenvalue weighted by Gasteiger charge is -2.30. The Labute approximate surface area is 146 Å². The summed E-state index contributed by atoms with van der Waals surface area (Å²) in [6.07, 6.45) is 1.72. The van der Waals surface area contributed by atoms with Crippen LogP contribution in [0.2, 0.25) is 0 Å². The first kappa shape index (κ1) is 15.9. The molecule has 1 N–H and O–H groups in total. The number of hydrogen-bond donors (Lipinski definition) is 1. The highest BCUT2D eigenvalue weighted by Gasteiger charge is 2.27. The normalized spacial score (nSPS) is 15.9. The van der Waals surface area contributed by atoms with E-state index in [0.29, 0.717) is 24.8 Å². The molecule has 1 fully saturated rings. The summed E-state index contributed by atoms with van der Waals surface area (Å²) in [5, 5.41) is 4.99. The molecule has 2 aromatic heterocycles. The number of likely N-dealkylation sites (tertiary alicyclic amines) is 1. The van der Waals surface area contributed by atoms with Crippen LogP contribution in [-0.2, 0) is 0 Å². The molecule has 130 valence electrons. The first-order valence-corrected chi connectivity index (χ1v) is 8.71. The molecule has 6 heteroatoms. The summed E-state index contributed by atoms with van der Waals surface area (Å²) < 4.78 is 5.28. The fraction of sp³-hybridized carbons (Fsp3) is 0.421. The maximum atomic E-state index is 12.9. The summed E-state index contributed by atoms with van der Waals surface area (Å²) in [5.74, 6) is 1.71. The smallest absolute Gasteiger partial charge is 0.253 e. The van der Waals surface area contributed by atoms with Gasteiger partial charge in [0.1, 0.15) is 0 Å². The first-order chi connectivity index (χ1) is 12.0. The molecule has 4 rings (SSSR count). The number of rotatable bonds is 2. The van der Waals surface area contributed by atoms with Crippen molar-refractivity contribution in [3.05, 3.63) is 46.7 Å². The lowest BCUT2D eigenvalue weighted by Crippen LogP contribution is -2.38. The summed E-state index contributed by atoms with van der Waals surface area (Å²) in [4.78, 5) is 22.5. The van der Waals surface area contributed by atoms with Crippen molar-refractivity contribution in [1.29, 1.82) is 0 Å². The minimum absolute atomic E-state index is 0.0975. The Balaban J connectivity index is 1.49. The number of benzene rings is 1. The van der Waals surface area contributed by atoms with Gasteiger partial charge in [0.15, 0.2) is 5.82 Å². The minimum atomic E-state index is 0.0975. The van der Waals surface area contributed by atoms with Gasteiger partial charge in [0.05, 0.1) is 0 Å². The Kier molecular flexibility index (Phi) is 3.82. The summed E-state index contributed by atoms with van der Waals surface area (Å²) >= 11 is 0. The van der Waals surface area contributed by atoms with Crippen molar-refractivity contribution in [3.8, 4) is 0 Å². The highest BCUT2D eigenvalue weighted by Crippen LogP contribution is 2.28. The van der Waals surface area contributed by atoms with E-state index in [-0.39, 0.29) is 11.8 Å². The molecular formula is C19H22N4O2. The maximum absolute atomic E-state index is 12.9. The molecule has 1 saturated heterocycles. The number of aromatic amines is 1. The van der Waals surface area contributed by atoms with Gasteiger partial charge in [-0.05, 0) is 57.4 Å². The van der Waals surface area contributed by atoms with Crippen LogP contribution in [-0.4, -0.2) is 39.0 Å². The molecule has 0 saturated carbocycles. The Bertz CT molecular complexity index is 932. The second-order valence-electron chi connectivity index (χ2n) is 6.88. The molecule has 0 atom stereocenters. The van der Waals surface area contributed by atoms with Crippen LogP contribution in [0.15, 0.2) is 22.7 Å². The van der Waals surface area contributed by atoms with Gasteiger partial charge in [-0.3, -0.25) is 4.79 Å². The molecule has 6 nitrogen and oxygen atoms in total. The summed E-state index contributed by atoms with van der Waals surface area (Å²) in [6, 6.07) is 5.91. The predicted octanol–water partition coefficient (Wildman–Crippen LogP) is 3.50. The minimum Gasteiger partial charge on any atom is -0.358 e. The average Bonchev–Trinajstić information content (AvgIpc) is 3.18. The molecule has 0 bridgehead atoms. The molecule has 1 aliphatic heterocycles. The van der Waals surface area contributed by atoms with Crippen molar-refractivity contribution in [2.75, 3.05) is 13.1 Å². The number of carbonyl (C=O) groups excluding carboxylic acids is 1. The van der Waals surface area contributed by atoms with Gasteiger partial charge in [-0.1, -0.05) is 5.16 Å². The number of aromatic nitrogens is 3. The summed E-state index contributed by atoms with van der Waals surface area (Å²) in [6.45, 7) is 7.40. The highest BCUT2D eigenvalue weighted by molar-refractivity contribution is 5.99. The zero-order chi connectivity index (χ0) is 17.6. The predicted molar refractivity (Wildman–Crippen MR) is 94.7 cm³/mol. The number of hydrogen-bond acceptors (Lipinski definition) is 4. The average molecular weight is 338 g/mol. The number of aryl methyl sites for hydroxylation is 3. The fourth-order valence-electron chi connectivity index (χ4n) is 3.59. The van der Waals surface area contributed by atoms with Gasteiger partial charge in [0.2, 0.25) is 5.89 Å². The van der Waals surface area contributed by atoms with Gasteiger partial charge in [0, 0.05) is 41.2 Å². The zero-order valence-electron chi connectivity index (χ0n) is 14.8. The molecular weight excluding hydrogens is 316 g/mol.